The number of halogens is 4. The van der Waals surface area contributed by atoms with Crippen LogP contribution in [0.5, 0.6) is 11.5 Å². The topological polar surface area (TPSA) is 65.4 Å². The second kappa shape index (κ2) is 8.44. The first kappa shape index (κ1) is 21.2. The number of nitrogens with zero attached hydrogens (tertiary/aromatic N) is 2. The van der Waals surface area contributed by atoms with Crippen molar-refractivity contribution in [3.63, 3.8) is 0 Å². The molecule has 0 aliphatic rings. The average Bonchev–Trinajstić information content (AvgIpc) is 3.14. The Morgan fingerprint density at radius 1 is 1.17 bits per heavy atom. The van der Waals surface area contributed by atoms with Gasteiger partial charge >= 0.3 is 6.18 Å². The van der Waals surface area contributed by atoms with E-state index in [1.807, 2.05) is 0 Å². The first-order valence-electron chi connectivity index (χ1n) is 8.78. The van der Waals surface area contributed by atoms with Crippen molar-refractivity contribution < 1.29 is 31.8 Å². The molecule has 1 amide bonds. The molecule has 3 rings (SSSR count). The van der Waals surface area contributed by atoms with E-state index in [0.29, 0.717) is 0 Å². The van der Waals surface area contributed by atoms with Crippen molar-refractivity contribution in [1.82, 2.24) is 9.78 Å². The smallest absolute Gasteiger partial charge is 0.416 e. The standard InChI is InChI=1S/C20H17F4N3O3/c1-3-30-16-8-7-13(10-15(16)21)25-19(28)18-17(29-2)11-27(26-18)14-6-4-5-12(9-14)20(22,23)24/h4-11H,3H2,1-2H3,(H,25,28). The van der Waals surface area contributed by atoms with Crippen molar-refractivity contribution >= 4 is 11.6 Å². The fourth-order valence-electron chi connectivity index (χ4n) is 2.66. The van der Waals surface area contributed by atoms with E-state index in [4.69, 9.17) is 9.47 Å². The second-order valence-electron chi connectivity index (χ2n) is 6.07. The van der Waals surface area contributed by atoms with Gasteiger partial charge in [-0.3, -0.25) is 4.79 Å². The Kier molecular flexibility index (Phi) is 5.95. The van der Waals surface area contributed by atoms with E-state index in [0.717, 1.165) is 22.9 Å². The van der Waals surface area contributed by atoms with Crippen LogP contribution in [0.25, 0.3) is 5.69 Å². The highest BCUT2D eigenvalue weighted by molar-refractivity contribution is 6.04. The molecule has 0 spiro atoms. The molecule has 10 heteroatoms. The van der Waals surface area contributed by atoms with Crippen LogP contribution in [0.1, 0.15) is 23.0 Å². The summed E-state index contributed by atoms with van der Waals surface area (Å²) in [6, 6.07) is 8.36. The molecule has 0 saturated carbocycles. The van der Waals surface area contributed by atoms with E-state index in [1.165, 1.54) is 37.6 Å². The maximum Gasteiger partial charge on any atom is 0.416 e. The Bertz CT molecular complexity index is 1060. The van der Waals surface area contributed by atoms with E-state index < -0.39 is 23.5 Å². The molecule has 0 aliphatic carbocycles. The summed E-state index contributed by atoms with van der Waals surface area (Å²) < 4.78 is 64.2. The molecule has 0 unspecified atom stereocenters. The van der Waals surface area contributed by atoms with Crippen LogP contribution in [0.15, 0.2) is 48.7 Å². The van der Waals surface area contributed by atoms with E-state index in [2.05, 4.69) is 10.4 Å². The van der Waals surface area contributed by atoms with E-state index in [9.17, 15) is 22.4 Å². The Morgan fingerprint density at radius 3 is 2.57 bits per heavy atom. The maximum atomic E-state index is 14.0. The predicted molar refractivity (Wildman–Crippen MR) is 101 cm³/mol. The highest BCUT2D eigenvalue weighted by atomic mass is 19.4. The highest BCUT2D eigenvalue weighted by Gasteiger charge is 2.30. The SMILES string of the molecule is CCOc1ccc(NC(=O)c2nn(-c3cccc(C(F)(F)F)c3)cc2OC)cc1F. The molecule has 0 aliphatic heterocycles. The summed E-state index contributed by atoms with van der Waals surface area (Å²) in [6.45, 7) is 1.99. The number of benzene rings is 2. The van der Waals surface area contributed by atoms with Gasteiger partial charge in [0.25, 0.3) is 5.91 Å². The van der Waals surface area contributed by atoms with E-state index in [1.54, 1.807) is 6.92 Å². The van der Waals surface area contributed by atoms with Crippen LogP contribution < -0.4 is 14.8 Å². The van der Waals surface area contributed by atoms with Gasteiger partial charge in [0.05, 0.1) is 31.2 Å². The third-order valence-corrected chi connectivity index (χ3v) is 4.04. The summed E-state index contributed by atoms with van der Waals surface area (Å²) in [4.78, 5) is 12.6. The number of nitrogens with one attached hydrogen (secondary N) is 1. The zero-order chi connectivity index (χ0) is 21.9. The predicted octanol–water partition coefficient (Wildman–Crippen LogP) is 4.69. The quantitative estimate of drug-likeness (QED) is 0.585. The lowest BCUT2D eigenvalue weighted by Crippen LogP contribution is -2.14. The fourth-order valence-corrected chi connectivity index (χ4v) is 2.66. The zero-order valence-electron chi connectivity index (χ0n) is 16.0. The molecule has 158 valence electrons. The molecule has 1 heterocycles. The monoisotopic (exact) mass is 423 g/mol. The van der Waals surface area contributed by atoms with Gasteiger partial charge in [-0.05, 0) is 37.3 Å². The molecule has 1 N–H and O–H groups in total. The van der Waals surface area contributed by atoms with Crippen LogP contribution in [0.2, 0.25) is 0 Å². The van der Waals surface area contributed by atoms with Crippen LogP contribution in [-0.2, 0) is 6.18 Å². The van der Waals surface area contributed by atoms with Gasteiger partial charge < -0.3 is 14.8 Å². The number of hydrogen-bond donors (Lipinski definition) is 1. The minimum Gasteiger partial charge on any atom is -0.493 e. The first-order valence-corrected chi connectivity index (χ1v) is 8.78. The number of carbonyl (C=O) groups excluding carboxylic acids is 1. The minimum absolute atomic E-state index is 0.0383. The number of ether oxygens (including phenoxy) is 2. The molecule has 0 saturated heterocycles. The summed E-state index contributed by atoms with van der Waals surface area (Å²) in [6.07, 6.45) is -3.24. The van der Waals surface area contributed by atoms with Gasteiger partial charge in [0.15, 0.2) is 23.0 Å². The van der Waals surface area contributed by atoms with Crippen LogP contribution in [0, 0.1) is 5.82 Å². The molecule has 1 aromatic heterocycles. The average molecular weight is 423 g/mol. The third-order valence-electron chi connectivity index (χ3n) is 4.04. The van der Waals surface area contributed by atoms with Crippen LogP contribution in [0.3, 0.4) is 0 Å². The molecule has 30 heavy (non-hydrogen) atoms. The number of aromatic nitrogens is 2. The van der Waals surface area contributed by atoms with Gasteiger partial charge in [-0.15, -0.1) is 0 Å². The number of rotatable bonds is 6. The highest BCUT2D eigenvalue weighted by Crippen LogP contribution is 2.31. The molecule has 0 bridgehead atoms. The summed E-state index contributed by atoms with van der Waals surface area (Å²) in [7, 11) is 1.29. The Morgan fingerprint density at radius 2 is 1.93 bits per heavy atom. The van der Waals surface area contributed by atoms with Crippen LogP contribution in [0.4, 0.5) is 23.2 Å². The number of methoxy groups -OCH3 is 1. The molecule has 2 aromatic carbocycles. The fraction of sp³-hybridized carbons (Fsp3) is 0.200. The lowest BCUT2D eigenvalue weighted by atomic mass is 10.2. The number of carbonyl (C=O) groups is 1. The summed E-state index contributed by atoms with van der Waals surface area (Å²) >= 11 is 0. The van der Waals surface area contributed by atoms with Gasteiger partial charge in [-0.1, -0.05) is 6.07 Å². The van der Waals surface area contributed by atoms with Crippen molar-refractivity contribution in [2.75, 3.05) is 19.0 Å². The lowest BCUT2D eigenvalue weighted by molar-refractivity contribution is -0.137. The normalized spacial score (nSPS) is 11.3. The zero-order valence-corrected chi connectivity index (χ0v) is 16.0. The Labute approximate surface area is 169 Å². The van der Waals surface area contributed by atoms with Crippen molar-refractivity contribution in [2.45, 2.75) is 13.1 Å². The molecule has 0 radical (unpaired) electrons. The van der Waals surface area contributed by atoms with Gasteiger partial charge in [0.2, 0.25) is 0 Å². The van der Waals surface area contributed by atoms with E-state index in [-0.39, 0.29) is 35.2 Å². The van der Waals surface area contributed by atoms with Gasteiger partial charge in [0, 0.05) is 11.8 Å². The third kappa shape index (κ3) is 4.53. The first-order chi connectivity index (χ1) is 14.2. The van der Waals surface area contributed by atoms with Gasteiger partial charge in [-0.2, -0.15) is 18.3 Å². The largest absolute Gasteiger partial charge is 0.493 e. The van der Waals surface area contributed by atoms with Crippen LogP contribution in [-0.4, -0.2) is 29.4 Å². The summed E-state index contributed by atoms with van der Waals surface area (Å²) in [5.41, 5.74) is -0.791. The lowest BCUT2D eigenvalue weighted by Gasteiger charge is -2.09. The number of alkyl halides is 3. The Balaban J connectivity index is 1.88. The van der Waals surface area contributed by atoms with Gasteiger partial charge in [0.1, 0.15) is 0 Å². The second-order valence-corrected chi connectivity index (χ2v) is 6.07. The maximum absolute atomic E-state index is 14.0. The molecule has 6 nitrogen and oxygen atoms in total. The van der Waals surface area contributed by atoms with Crippen molar-refractivity contribution in [2.24, 2.45) is 0 Å². The molecule has 3 aromatic rings. The molecular formula is C20H17F4N3O3. The Hall–Kier alpha value is -3.56. The summed E-state index contributed by atoms with van der Waals surface area (Å²) in [5, 5.41) is 6.51. The summed E-state index contributed by atoms with van der Waals surface area (Å²) in [5.74, 6) is -1.30. The van der Waals surface area contributed by atoms with Crippen molar-refractivity contribution in [3.05, 3.63) is 65.7 Å². The molecular weight excluding hydrogens is 406 g/mol. The number of hydrogen-bond acceptors (Lipinski definition) is 4. The molecule has 0 fully saturated rings. The minimum atomic E-state index is -4.52. The number of amides is 1. The van der Waals surface area contributed by atoms with Gasteiger partial charge in [-0.25, -0.2) is 9.07 Å². The van der Waals surface area contributed by atoms with Crippen molar-refractivity contribution in [1.29, 1.82) is 0 Å². The van der Waals surface area contributed by atoms with E-state index >= 15 is 0 Å². The van der Waals surface area contributed by atoms with Crippen LogP contribution >= 0.6 is 0 Å². The molecule has 0 atom stereocenters. The number of anilines is 1. The van der Waals surface area contributed by atoms with Crippen molar-refractivity contribution in [3.8, 4) is 17.2 Å².